The quantitative estimate of drug-likeness (QED) is 0.509. The number of amides is 2. The predicted molar refractivity (Wildman–Crippen MR) is 133 cm³/mol. The van der Waals surface area contributed by atoms with Crippen LogP contribution in [0, 0.1) is 5.92 Å². The number of aromatic nitrogens is 2. The molecule has 7 nitrogen and oxygen atoms in total. The van der Waals surface area contributed by atoms with Crippen LogP contribution in [-0.4, -0.2) is 75.8 Å². The van der Waals surface area contributed by atoms with Gasteiger partial charge in [-0.3, -0.25) is 14.5 Å². The molecular weight excluding hydrogens is 450 g/mol. The summed E-state index contributed by atoms with van der Waals surface area (Å²) in [4.78, 5) is 35.2. The number of halogens is 1. The number of nitrogens with zero attached hydrogens (tertiary/aromatic N) is 5. The summed E-state index contributed by atoms with van der Waals surface area (Å²) in [5, 5.41) is 0.732. The first-order valence-corrected chi connectivity index (χ1v) is 12.4. The van der Waals surface area contributed by atoms with Crippen molar-refractivity contribution in [3.63, 3.8) is 0 Å². The van der Waals surface area contributed by atoms with Gasteiger partial charge in [0, 0.05) is 44.3 Å². The summed E-state index contributed by atoms with van der Waals surface area (Å²) >= 11 is 6.08. The maximum atomic E-state index is 13.2. The SMILES string of the molecule is O=CN1CCN(C(=O)[C@H]2CCCN(Cc3nc4ccccc4n3Cc3ccc(Cl)cc3)C2)CC1. The Labute approximate surface area is 204 Å². The van der Waals surface area contributed by atoms with E-state index in [9.17, 15) is 9.59 Å². The maximum Gasteiger partial charge on any atom is 0.227 e. The fourth-order valence-corrected chi connectivity index (χ4v) is 5.23. The van der Waals surface area contributed by atoms with E-state index < -0.39 is 0 Å². The zero-order chi connectivity index (χ0) is 23.5. The molecule has 0 radical (unpaired) electrons. The molecule has 2 aliphatic heterocycles. The molecule has 3 aromatic rings. The summed E-state index contributed by atoms with van der Waals surface area (Å²) in [6, 6.07) is 16.2. The third-order valence-corrected chi connectivity index (χ3v) is 7.23. The second-order valence-electron chi connectivity index (χ2n) is 9.27. The van der Waals surface area contributed by atoms with Crippen LogP contribution >= 0.6 is 11.6 Å². The number of piperazine rings is 1. The Morgan fingerprint density at radius 3 is 2.53 bits per heavy atom. The smallest absolute Gasteiger partial charge is 0.227 e. The molecular formula is C26H30ClN5O2. The minimum absolute atomic E-state index is 0.00521. The first-order chi connectivity index (χ1) is 16.6. The molecule has 0 saturated carbocycles. The lowest BCUT2D eigenvalue weighted by Crippen LogP contribution is -2.52. The summed E-state index contributed by atoms with van der Waals surface area (Å²) < 4.78 is 2.28. The molecule has 0 N–H and O–H groups in total. The number of likely N-dealkylation sites (tertiary alicyclic amines) is 1. The molecule has 178 valence electrons. The molecule has 2 amide bonds. The Kier molecular flexibility index (Phi) is 6.83. The van der Waals surface area contributed by atoms with E-state index in [4.69, 9.17) is 16.6 Å². The predicted octanol–water partition coefficient (Wildman–Crippen LogP) is 3.25. The number of imidazole rings is 1. The van der Waals surface area contributed by atoms with E-state index >= 15 is 0 Å². The van der Waals surface area contributed by atoms with Crippen molar-refractivity contribution in [1.82, 2.24) is 24.3 Å². The lowest BCUT2D eigenvalue weighted by molar-refractivity contribution is -0.140. The Hall–Kier alpha value is -2.90. The zero-order valence-electron chi connectivity index (χ0n) is 19.3. The number of rotatable bonds is 6. The van der Waals surface area contributed by atoms with E-state index in [-0.39, 0.29) is 11.8 Å². The molecule has 3 heterocycles. The molecule has 1 aromatic heterocycles. The number of piperidine rings is 1. The Morgan fingerprint density at radius 1 is 1.00 bits per heavy atom. The monoisotopic (exact) mass is 479 g/mol. The molecule has 5 rings (SSSR count). The second kappa shape index (κ2) is 10.2. The van der Waals surface area contributed by atoms with Crippen LogP contribution in [0.4, 0.5) is 0 Å². The van der Waals surface area contributed by atoms with Crippen molar-refractivity contribution in [2.45, 2.75) is 25.9 Å². The normalized spacial score (nSPS) is 19.5. The lowest BCUT2D eigenvalue weighted by atomic mass is 9.96. The summed E-state index contributed by atoms with van der Waals surface area (Å²) in [6.45, 7) is 5.66. The number of benzene rings is 2. The van der Waals surface area contributed by atoms with E-state index in [0.29, 0.717) is 32.7 Å². The van der Waals surface area contributed by atoms with Gasteiger partial charge >= 0.3 is 0 Å². The minimum Gasteiger partial charge on any atom is -0.342 e. The van der Waals surface area contributed by atoms with Crippen molar-refractivity contribution < 1.29 is 9.59 Å². The van der Waals surface area contributed by atoms with E-state index in [0.717, 1.165) is 60.8 Å². The van der Waals surface area contributed by atoms with Crippen molar-refractivity contribution in [2.24, 2.45) is 5.92 Å². The zero-order valence-corrected chi connectivity index (χ0v) is 20.0. The first-order valence-electron chi connectivity index (χ1n) is 12.0. The molecule has 0 unspecified atom stereocenters. The van der Waals surface area contributed by atoms with Crippen molar-refractivity contribution >= 4 is 35.0 Å². The van der Waals surface area contributed by atoms with E-state index in [1.807, 2.05) is 29.2 Å². The second-order valence-corrected chi connectivity index (χ2v) is 9.71. The van der Waals surface area contributed by atoms with E-state index in [2.05, 4.69) is 33.7 Å². The summed E-state index contributed by atoms with van der Waals surface area (Å²) in [5.41, 5.74) is 3.28. The summed E-state index contributed by atoms with van der Waals surface area (Å²) in [7, 11) is 0. The van der Waals surface area contributed by atoms with Crippen LogP contribution in [0.2, 0.25) is 5.02 Å². The van der Waals surface area contributed by atoms with Crippen molar-refractivity contribution in [3.8, 4) is 0 Å². The summed E-state index contributed by atoms with van der Waals surface area (Å²) in [6.07, 6.45) is 2.80. The first kappa shape index (κ1) is 22.9. The van der Waals surface area contributed by atoms with Crippen molar-refractivity contribution in [1.29, 1.82) is 0 Å². The average Bonchev–Trinajstić information content (AvgIpc) is 3.22. The third-order valence-electron chi connectivity index (χ3n) is 6.98. The molecule has 34 heavy (non-hydrogen) atoms. The van der Waals surface area contributed by atoms with Crippen LogP contribution in [0.1, 0.15) is 24.2 Å². The van der Waals surface area contributed by atoms with Crippen LogP contribution in [0.3, 0.4) is 0 Å². The molecule has 1 atom stereocenters. The Bertz CT molecular complexity index is 1150. The molecule has 0 spiro atoms. The van der Waals surface area contributed by atoms with Gasteiger partial charge in [-0.05, 0) is 49.2 Å². The Morgan fingerprint density at radius 2 is 1.76 bits per heavy atom. The van der Waals surface area contributed by atoms with Gasteiger partial charge in [-0.1, -0.05) is 35.9 Å². The molecule has 8 heteroatoms. The van der Waals surface area contributed by atoms with Gasteiger partial charge in [0.2, 0.25) is 12.3 Å². The maximum absolute atomic E-state index is 13.2. The number of carbonyl (C=O) groups excluding carboxylic acids is 2. The largest absolute Gasteiger partial charge is 0.342 e. The van der Waals surface area contributed by atoms with Crippen LogP contribution in [0.5, 0.6) is 0 Å². The van der Waals surface area contributed by atoms with Crippen LogP contribution in [0.25, 0.3) is 11.0 Å². The van der Waals surface area contributed by atoms with Gasteiger partial charge in [-0.15, -0.1) is 0 Å². The van der Waals surface area contributed by atoms with Gasteiger partial charge in [0.25, 0.3) is 0 Å². The fourth-order valence-electron chi connectivity index (χ4n) is 5.10. The standard InChI is InChI=1S/C26H30ClN5O2/c27-22-9-7-20(8-10-22)16-32-24-6-2-1-5-23(24)28-25(32)18-30-11-3-4-21(17-30)26(34)31-14-12-29(19-33)13-15-31/h1-2,5-10,19,21H,3-4,11-18H2/t21-/m0/s1. The van der Waals surface area contributed by atoms with Gasteiger partial charge in [0.1, 0.15) is 5.82 Å². The molecule has 0 bridgehead atoms. The van der Waals surface area contributed by atoms with Gasteiger partial charge in [0.05, 0.1) is 23.5 Å². The van der Waals surface area contributed by atoms with Gasteiger partial charge in [-0.2, -0.15) is 0 Å². The summed E-state index contributed by atoms with van der Waals surface area (Å²) in [5.74, 6) is 1.25. The van der Waals surface area contributed by atoms with Gasteiger partial charge in [0.15, 0.2) is 0 Å². The van der Waals surface area contributed by atoms with Gasteiger partial charge in [-0.25, -0.2) is 4.98 Å². The molecule has 2 aliphatic rings. The minimum atomic E-state index is 0.00521. The molecule has 2 fully saturated rings. The van der Waals surface area contributed by atoms with Crippen LogP contribution in [0.15, 0.2) is 48.5 Å². The Balaban J connectivity index is 1.31. The number of fused-ring (bicyclic) bond motifs is 1. The van der Waals surface area contributed by atoms with Crippen molar-refractivity contribution in [2.75, 3.05) is 39.3 Å². The topological polar surface area (TPSA) is 61.7 Å². The molecule has 2 aromatic carbocycles. The lowest BCUT2D eigenvalue weighted by Gasteiger charge is -2.38. The van der Waals surface area contributed by atoms with Gasteiger partial charge < -0.3 is 14.4 Å². The fraction of sp³-hybridized carbons (Fsp3) is 0.423. The third kappa shape index (κ3) is 4.95. The highest BCUT2D eigenvalue weighted by molar-refractivity contribution is 6.30. The highest BCUT2D eigenvalue weighted by atomic mass is 35.5. The van der Waals surface area contributed by atoms with E-state index in [1.165, 1.54) is 5.56 Å². The van der Waals surface area contributed by atoms with Crippen molar-refractivity contribution in [3.05, 3.63) is 64.9 Å². The number of carbonyl (C=O) groups is 2. The van der Waals surface area contributed by atoms with E-state index in [1.54, 1.807) is 4.90 Å². The van der Waals surface area contributed by atoms with Crippen LogP contribution < -0.4 is 0 Å². The number of hydrogen-bond donors (Lipinski definition) is 0. The highest BCUT2D eigenvalue weighted by Gasteiger charge is 2.31. The van der Waals surface area contributed by atoms with Crippen LogP contribution in [-0.2, 0) is 22.7 Å². The molecule has 2 saturated heterocycles. The number of para-hydroxylation sites is 2. The molecule has 0 aliphatic carbocycles. The highest BCUT2D eigenvalue weighted by Crippen LogP contribution is 2.24. The number of hydrogen-bond acceptors (Lipinski definition) is 4. The average molecular weight is 480 g/mol.